The van der Waals surface area contributed by atoms with E-state index in [0.29, 0.717) is 13.0 Å². The average Bonchev–Trinajstić information content (AvgIpc) is 3.04. The summed E-state index contributed by atoms with van der Waals surface area (Å²) in [5, 5.41) is 0. The molecular weight excluding hydrogens is 396 g/mol. The fourth-order valence-electron chi connectivity index (χ4n) is 3.58. The lowest BCUT2D eigenvalue weighted by atomic mass is 10.0. The second-order valence-corrected chi connectivity index (χ2v) is 8.15. The van der Waals surface area contributed by atoms with Crippen molar-refractivity contribution < 1.29 is 28.5 Å². The first-order valence-corrected chi connectivity index (χ1v) is 10.8. The van der Waals surface area contributed by atoms with Crippen molar-refractivity contribution in [3.63, 3.8) is 0 Å². The van der Waals surface area contributed by atoms with E-state index in [9.17, 15) is 4.79 Å². The molecule has 0 spiro atoms. The number of benzene rings is 1. The maximum atomic E-state index is 12.6. The molecule has 172 valence electrons. The van der Waals surface area contributed by atoms with Crippen LogP contribution in [0.2, 0.25) is 0 Å². The number of rotatable bonds is 13. The molecule has 1 fully saturated rings. The summed E-state index contributed by atoms with van der Waals surface area (Å²) in [6.45, 7) is 13.8. The molecule has 0 N–H and O–H groups in total. The summed E-state index contributed by atoms with van der Waals surface area (Å²) in [6.07, 6.45) is 4.59. The van der Waals surface area contributed by atoms with Crippen LogP contribution in [0.25, 0.3) is 0 Å². The molecule has 1 aliphatic heterocycles. The maximum Gasteiger partial charge on any atom is 0.309 e. The molecule has 1 aliphatic rings. The Balaban J connectivity index is 1.87. The molecule has 1 heterocycles. The molecular formula is C25H36O6. The molecule has 6 heteroatoms. The van der Waals surface area contributed by atoms with Crippen molar-refractivity contribution >= 4 is 5.97 Å². The lowest BCUT2D eigenvalue weighted by Crippen LogP contribution is -2.30. The van der Waals surface area contributed by atoms with Crippen molar-refractivity contribution in [2.24, 2.45) is 0 Å². The quantitative estimate of drug-likeness (QED) is 0.324. The predicted octanol–water partition coefficient (Wildman–Crippen LogP) is 4.96. The van der Waals surface area contributed by atoms with Crippen LogP contribution >= 0.6 is 0 Å². The maximum absolute atomic E-state index is 12.6. The van der Waals surface area contributed by atoms with E-state index in [1.807, 2.05) is 38.1 Å². The van der Waals surface area contributed by atoms with Gasteiger partial charge in [-0.05, 0) is 38.0 Å². The van der Waals surface area contributed by atoms with Crippen molar-refractivity contribution in [1.82, 2.24) is 0 Å². The van der Waals surface area contributed by atoms with E-state index < -0.39 is 11.9 Å². The Hall–Kier alpha value is -2.15. The van der Waals surface area contributed by atoms with Crippen LogP contribution in [0, 0.1) is 0 Å². The van der Waals surface area contributed by atoms with Crippen molar-refractivity contribution in [1.29, 1.82) is 0 Å². The van der Waals surface area contributed by atoms with Crippen molar-refractivity contribution in [3.05, 3.63) is 55.1 Å². The van der Waals surface area contributed by atoms with Crippen LogP contribution in [-0.2, 0) is 30.3 Å². The Bertz CT molecular complexity index is 711. The number of carbonyl (C=O) groups is 1. The summed E-state index contributed by atoms with van der Waals surface area (Å²) in [7, 11) is 1.63. The van der Waals surface area contributed by atoms with Crippen LogP contribution in [0.15, 0.2) is 49.6 Å². The van der Waals surface area contributed by atoms with Gasteiger partial charge in [0.2, 0.25) is 0 Å². The Labute approximate surface area is 186 Å². The van der Waals surface area contributed by atoms with Gasteiger partial charge in [-0.25, -0.2) is 0 Å². The Kier molecular flexibility index (Phi) is 9.75. The molecule has 0 unspecified atom stereocenters. The van der Waals surface area contributed by atoms with Gasteiger partial charge in [-0.1, -0.05) is 37.6 Å². The minimum absolute atomic E-state index is 0.109. The standard InChI is InChI=1S/C25H36O6/c1-7-10-21(15-23-22(9-3)30-25(4,5)31-23)29-24(26)16-19(8-2)28-17-18-11-13-20(27-6)14-12-18/h8-9,11-14,19,21-23H,2-3,7,10,15-17H2,1,4-6H3/t19-,21-,22+,23+/m1/s1. The zero-order chi connectivity index (χ0) is 22.9. The molecule has 1 saturated heterocycles. The first kappa shape index (κ1) is 25.1. The molecule has 0 aliphatic carbocycles. The summed E-state index contributed by atoms with van der Waals surface area (Å²) >= 11 is 0. The van der Waals surface area contributed by atoms with Gasteiger partial charge >= 0.3 is 5.97 Å². The molecule has 0 aromatic heterocycles. The van der Waals surface area contributed by atoms with Crippen molar-refractivity contribution in [2.45, 2.75) is 83.3 Å². The molecule has 6 nitrogen and oxygen atoms in total. The highest BCUT2D eigenvalue weighted by Crippen LogP contribution is 2.32. The number of ether oxygens (including phenoxy) is 5. The number of hydrogen-bond donors (Lipinski definition) is 0. The summed E-state index contributed by atoms with van der Waals surface area (Å²) in [5.41, 5.74) is 0.987. The van der Waals surface area contributed by atoms with E-state index in [0.717, 1.165) is 24.2 Å². The Morgan fingerprint density at radius 1 is 1.23 bits per heavy atom. The second-order valence-electron chi connectivity index (χ2n) is 8.15. The van der Waals surface area contributed by atoms with Crippen LogP contribution in [0.3, 0.4) is 0 Å². The third kappa shape index (κ3) is 8.13. The van der Waals surface area contributed by atoms with Gasteiger partial charge in [0.1, 0.15) is 18.0 Å². The highest BCUT2D eigenvalue weighted by atomic mass is 16.8. The van der Waals surface area contributed by atoms with Crippen LogP contribution in [0.1, 0.15) is 52.0 Å². The van der Waals surface area contributed by atoms with Crippen LogP contribution in [0.4, 0.5) is 0 Å². The summed E-state index contributed by atoms with van der Waals surface area (Å²) in [4.78, 5) is 12.6. The Morgan fingerprint density at radius 2 is 1.94 bits per heavy atom. The average molecular weight is 433 g/mol. The number of hydrogen-bond acceptors (Lipinski definition) is 6. The summed E-state index contributed by atoms with van der Waals surface area (Å²) in [5.74, 6) is -0.201. The normalized spacial score (nSPS) is 21.8. The van der Waals surface area contributed by atoms with E-state index in [1.54, 1.807) is 19.3 Å². The molecule has 0 radical (unpaired) electrons. The largest absolute Gasteiger partial charge is 0.497 e. The van der Waals surface area contributed by atoms with Crippen molar-refractivity contribution in [3.8, 4) is 5.75 Å². The molecule has 31 heavy (non-hydrogen) atoms. The van der Waals surface area contributed by atoms with Gasteiger partial charge in [-0.2, -0.15) is 0 Å². The minimum atomic E-state index is -0.673. The van der Waals surface area contributed by atoms with E-state index in [1.165, 1.54) is 0 Å². The van der Waals surface area contributed by atoms with Gasteiger partial charge in [-0.3, -0.25) is 4.79 Å². The Morgan fingerprint density at radius 3 is 2.52 bits per heavy atom. The van der Waals surface area contributed by atoms with Gasteiger partial charge in [0.05, 0.1) is 32.3 Å². The predicted molar refractivity (Wildman–Crippen MR) is 120 cm³/mol. The fraction of sp³-hybridized carbons (Fsp3) is 0.560. The van der Waals surface area contributed by atoms with Crippen LogP contribution in [0.5, 0.6) is 5.75 Å². The lowest BCUT2D eigenvalue weighted by Gasteiger charge is -2.23. The van der Waals surface area contributed by atoms with Crippen molar-refractivity contribution in [2.75, 3.05) is 7.11 Å². The van der Waals surface area contributed by atoms with E-state index >= 15 is 0 Å². The minimum Gasteiger partial charge on any atom is -0.497 e. The van der Waals surface area contributed by atoms with Gasteiger partial charge in [0, 0.05) is 6.42 Å². The third-order valence-corrected chi connectivity index (χ3v) is 5.11. The first-order valence-electron chi connectivity index (χ1n) is 10.8. The molecule has 0 bridgehead atoms. The SMILES string of the molecule is C=C[C@H](CC(=O)O[C@H](CCC)C[C@@H]1OC(C)(C)O[C@H]1C=C)OCc1ccc(OC)cc1. The monoisotopic (exact) mass is 432 g/mol. The highest BCUT2D eigenvalue weighted by Gasteiger charge is 2.41. The van der Waals surface area contributed by atoms with E-state index in [2.05, 4.69) is 20.1 Å². The topological polar surface area (TPSA) is 63.2 Å². The number of methoxy groups -OCH3 is 1. The smallest absolute Gasteiger partial charge is 0.309 e. The number of carbonyl (C=O) groups excluding carboxylic acids is 1. The molecule has 1 aromatic carbocycles. The van der Waals surface area contributed by atoms with E-state index in [-0.39, 0.29) is 30.7 Å². The molecule has 0 amide bonds. The number of esters is 1. The third-order valence-electron chi connectivity index (χ3n) is 5.11. The molecule has 1 aromatic rings. The summed E-state index contributed by atoms with van der Waals surface area (Å²) < 4.78 is 28.6. The van der Waals surface area contributed by atoms with Gasteiger partial charge in [0.25, 0.3) is 0 Å². The van der Waals surface area contributed by atoms with Gasteiger partial charge in [-0.15, -0.1) is 13.2 Å². The molecule has 4 atom stereocenters. The van der Waals surface area contributed by atoms with E-state index in [4.69, 9.17) is 23.7 Å². The molecule has 2 rings (SSSR count). The fourth-order valence-corrected chi connectivity index (χ4v) is 3.58. The van der Waals surface area contributed by atoms with Crippen LogP contribution < -0.4 is 4.74 Å². The highest BCUT2D eigenvalue weighted by molar-refractivity contribution is 5.70. The zero-order valence-corrected chi connectivity index (χ0v) is 19.2. The lowest BCUT2D eigenvalue weighted by molar-refractivity contribution is -0.157. The molecule has 0 saturated carbocycles. The zero-order valence-electron chi connectivity index (χ0n) is 19.2. The summed E-state index contributed by atoms with van der Waals surface area (Å²) in [6, 6.07) is 7.60. The second kappa shape index (κ2) is 12.0. The van der Waals surface area contributed by atoms with Gasteiger partial charge < -0.3 is 23.7 Å². The first-order chi connectivity index (χ1) is 14.8. The van der Waals surface area contributed by atoms with Crippen LogP contribution in [-0.4, -0.2) is 43.3 Å². The van der Waals surface area contributed by atoms with Gasteiger partial charge in [0.15, 0.2) is 5.79 Å².